The molecule has 98 valence electrons. The molecule has 3 rings (SSSR count). The van der Waals surface area contributed by atoms with Crippen LogP contribution in [0, 0.1) is 5.92 Å². The Morgan fingerprint density at radius 3 is 3.17 bits per heavy atom. The Labute approximate surface area is 117 Å². The van der Waals surface area contributed by atoms with E-state index in [2.05, 4.69) is 27.2 Å². The maximum Gasteiger partial charge on any atom is 0.224 e. The van der Waals surface area contributed by atoms with Gasteiger partial charge in [-0.15, -0.1) is 11.8 Å². The molecule has 2 aliphatic rings. The lowest BCUT2D eigenvalue weighted by atomic mass is 10.1. The first-order valence-electron chi connectivity index (χ1n) is 6.34. The highest BCUT2D eigenvalue weighted by molar-refractivity contribution is 7.99. The second-order valence-corrected chi connectivity index (χ2v) is 6.46. The van der Waals surface area contributed by atoms with Gasteiger partial charge in [0, 0.05) is 25.3 Å². The van der Waals surface area contributed by atoms with Crippen molar-refractivity contribution >= 4 is 29.2 Å². The van der Waals surface area contributed by atoms with Gasteiger partial charge < -0.3 is 10.2 Å². The van der Waals surface area contributed by atoms with E-state index in [1.54, 1.807) is 0 Å². The molecule has 1 saturated heterocycles. The predicted octanol–water partition coefficient (Wildman–Crippen LogP) is 2.14. The predicted molar refractivity (Wildman–Crippen MR) is 75.6 cm³/mol. The van der Waals surface area contributed by atoms with Crippen molar-refractivity contribution in [1.29, 1.82) is 0 Å². The van der Waals surface area contributed by atoms with Crippen LogP contribution in [0.2, 0.25) is 5.28 Å². The average molecular weight is 285 g/mol. The van der Waals surface area contributed by atoms with Crippen molar-refractivity contribution in [2.45, 2.75) is 17.7 Å². The second kappa shape index (κ2) is 5.23. The smallest absolute Gasteiger partial charge is 0.224 e. The molecule has 0 radical (unpaired) electrons. The Bertz CT molecular complexity index is 454. The third-order valence-electron chi connectivity index (χ3n) is 3.54. The fourth-order valence-electron chi connectivity index (χ4n) is 2.59. The van der Waals surface area contributed by atoms with Crippen LogP contribution in [0.5, 0.6) is 0 Å². The summed E-state index contributed by atoms with van der Waals surface area (Å²) in [6, 6.07) is 0. The quantitative estimate of drug-likeness (QED) is 0.862. The zero-order chi connectivity index (χ0) is 12.5. The zero-order valence-electron chi connectivity index (χ0n) is 10.4. The molecule has 1 unspecified atom stereocenters. The number of thioether (sulfide) groups is 1. The highest BCUT2D eigenvalue weighted by atomic mass is 35.5. The van der Waals surface area contributed by atoms with Crippen LogP contribution in [0.1, 0.15) is 12.1 Å². The third kappa shape index (κ3) is 2.58. The Hall–Kier alpha value is -0.520. The van der Waals surface area contributed by atoms with Gasteiger partial charge in [0.25, 0.3) is 0 Å². The molecular weight excluding hydrogens is 268 g/mol. The fourth-order valence-corrected chi connectivity index (χ4v) is 3.85. The summed E-state index contributed by atoms with van der Waals surface area (Å²) < 4.78 is 0. The standard InChI is InChI=1S/C12H17ClN4S/c1-17-4-2-8(7-17)6-14-11-10-9(3-5-18-10)15-12(13)16-11/h8H,2-7H2,1H3,(H,14,15,16). The summed E-state index contributed by atoms with van der Waals surface area (Å²) >= 11 is 7.80. The highest BCUT2D eigenvalue weighted by Crippen LogP contribution is 2.36. The number of fused-ring (bicyclic) bond motifs is 1. The molecular formula is C12H17ClN4S. The monoisotopic (exact) mass is 284 g/mol. The first-order valence-corrected chi connectivity index (χ1v) is 7.70. The van der Waals surface area contributed by atoms with Crippen molar-refractivity contribution in [2.24, 2.45) is 5.92 Å². The molecule has 0 saturated carbocycles. The largest absolute Gasteiger partial charge is 0.369 e. The summed E-state index contributed by atoms with van der Waals surface area (Å²) in [5.41, 5.74) is 1.10. The molecule has 0 bridgehead atoms. The van der Waals surface area contributed by atoms with Gasteiger partial charge >= 0.3 is 0 Å². The molecule has 2 aliphatic heterocycles. The minimum Gasteiger partial charge on any atom is -0.369 e. The van der Waals surface area contributed by atoms with Crippen LogP contribution in [0.4, 0.5) is 5.82 Å². The van der Waals surface area contributed by atoms with Crippen LogP contribution in [-0.2, 0) is 6.42 Å². The number of likely N-dealkylation sites (tertiary alicyclic amines) is 1. The molecule has 1 atom stereocenters. The number of rotatable bonds is 3. The highest BCUT2D eigenvalue weighted by Gasteiger charge is 2.22. The lowest BCUT2D eigenvalue weighted by molar-refractivity contribution is 0.399. The van der Waals surface area contributed by atoms with Crippen molar-refractivity contribution < 1.29 is 0 Å². The van der Waals surface area contributed by atoms with E-state index in [1.807, 2.05) is 11.8 Å². The van der Waals surface area contributed by atoms with Gasteiger partial charge in [0.2, 0.25) is 5.28 Å². The summed E-state index contributed by atoms with van der Waals surface area (Å²) in [5.74, 6) is 2.73. The molecule has 0 spiro atoms. The van der Waals surface area contributed by atoms with Gasteiger partial charge in [-0.1, -0.05) is 0 Å². The van der Waals surface area contributed by atoms with E-state index in [0.717, 1.165) is 30.2 Å². The Morgan fingerprint density at radius 2 is 2.39 bits per heavy atom. The minimum atomic E-state index is 0.363. The van der Waals surface area contributed by atoms with E-state index in [-0.39, 0.29) is 0 Å². The Morgan fingerprint density at radius 1 is 1.50 bits per heavy atom. The molecule has 18 heavy (non-hydrogen) atoms. The number of aryl methyl sites for hydroxylation is 1. The molecule has 0 aliphatic carbocycles. The summed E-state index contributed by atoms with van der Waals surface area (Å²) in [5, 5.41) is 3.83. The molecule has 0 amide bonds. The van der Waals surface area contributed by atoms with Crippen LogP contribution >= 0.6 is 23.4 Å². The molecule has 0 aromatic carbocycles. The van der Waals surface area contributed by atoms with E-state index in [1.165, 1.54) is 24.4 Å². The van der Waals surface area contributed by atoms with E-state index in [9.17, 15) is 0 Å². The van der Waals surface area contributed by atoms with Crippen LogP contribution in [0.25, 0.3) is 0 Å². The number of halogens is 1. The number of aromatic nitrogens is 2. The molecule has 1 fully saturated rings. The fraction of sp³-hybridized carbons (Fsp3) is 0.667. The summed E-state index contributed by atoms with van der Waals surface area (Å²) in [7, 11) is 2.18. The second-order valence-electron chi connectivity index (χ2n) is 5.01. The third-order valence-corrected chi connectivity index (χ3v) is 4.84. The first-order chi connectivity index (χ1) is 8.72. The van der Waals surface area contributed by atoms with Crippen molar-refractivity contribution in [3.05, 3.63) is 11.0 Å². The summed E-state index contributed by atoms with van der Waals surface area (Å²) in [6.07, 6.45) is 2.26. The normalized spacial score (nSPS) is 23.3. The zero-order valence-corrected chi connectivity index (χ0v) is 12.0. The van der Waals surface area contributed by atoms with E-state index >= 15 is 0 Å². The Balaban J connectivity index is 1.69. The van der Waals surface area contributed by atoms with Crippen LogP contribution in [-0.4, -0.2) is 47.3 Å². The molecule has 6 heteroatoms. The maximum atomic E-state index is 5.97. The van der Waals surface area contributed by atoms with E-state index < -0.39 is 0 Å². The van der Waals surface area contributed by atoms with E-state index in [4.69, 9.17) is 11.6 Å². The SMILES string of the molecule is CN1CCC(CNc2nc(Cl)nc3c2SCC3)C1. The number of anilines is 1. The number of nitrogens with zero attached hydrogens (tertiary/aromatic N) is 3. The average Bonchev–Trinajstić information content (AvgIpc) is 2.94. The van der Waals surface area contributed by atoms with Crippen LogP contribution < -0.4 is 5.32 Å². The van der Waals surface area contributed by atoms with Gasteiger partial charge in [-0.05, 0) is 37.5 Å². The minimum absolute atomic E-state index is 0.363. The van der Waals surface area contributed by atoms with Gasteiger partial charge in [0.15, 0.2) is 0 Å². The lowest BCUT2D eigenvalue weighted by Crippen LogP contribution is -2.19. The van der Waals surface area contributed by atoms with Gasteiger partial charge in [-0.25, -0.2) is 4.98 Å². The topological polar surface area (TPSA) is 41.0 Å². The van der Waals surface area contributed by atoms with E-state index in [0.29, 0.717) is 11.2 Å². The first kappa shape index (κ1) is 12.5. The van der Waals surface area contributed by atoms with Gasteiger partial charge in [-0.3, -0.25) is 0 Å². The molecule has 1 aromatic heterocycles. The Kier molecular flexibility index (Phi) is 3.63. The van der Waals surface area contributed by atoms with Gasteiger partial charge in [0.1, 0.15) is 5.82 Å². The maximum absolute atomic E-state index is 5.97. The summed E-state index contributed by atoms with van der Waals surface area (Å²) in [6.45, 7) is 3.34. The van der Waals surface area contributed by atoms with Crippen LogP contribution in [0.15, 0.2) is 4.90 Å². The molecule has 1 aromatic rings. The molecule has 1 N–H and O–H groups in total. The summed E-state index contributed by atoms with van der Waals surface area (Å²) in [4.78, 5) is 12.2. The van der Waals surface area contributed by atoms with Crippen LogP contribution in [0.3, 0.4) is 0 Å². The number of hydrogen-bond donors (Lipinski definition) is 1. The molecule has 3 heterocycles. The van der Waals surface area contributed by atoms with Crippen molar-refractivity contribution in [2.75, 3.05) is 37.8 Å². The van der Waals surface area contributed by atoms with Crippen molar-refractivity contribution in [3.8, 4) is 0 Å². The van der Waals surface area contributed by atoms with Crippen molar-refractivity contribution in [3.63, 3.8) is 0 Å². The lowest BCUT2D eigenvalue weighted by Gasteiger charge is -2.14. The number of hydrogen-bond acceptors (Lipinski definition) is 5. The van der Waals surface area contributed by atoms with Gasteiger partial charge in [0.05, 0.1) is 10.6 Å². The van der Waals surface area contributed by atoms with Crippen molar-refractivity contribution in [1.82, 2.24) is 14.9 Å². The number of nitrogens with one attached hydrogen (secondary N) is 1. The van der Waals surface area contributed by atoms with Gasteiger partial charge in [-0.2, -0.15) is 4.98 Å². The molecule has 4 nitrogen and oxygen atoms in total.